The molecule has 0 aromatic heterocycles. The van der Waals surface area contributed by atoms with Crippen LogP contribution < -0.4 is 16.0 Å². The van der Waals surface area contributed by atoms with E-state index in [1.165, 1.54) is 12.1 Å². The Hall–Kier alpha value is -1.76. The second-order valence-corrected chi connectivity index (χ2v) is 7.33. The Balaban J connectivity index is 2.38. The van der Waals surface area contributed by atoms with E-state index in [-0.39, 0.29) is 16.8 Å². The highest BCUT2D eigenvalue weighted by molar-refractivity contribution is 7.90. The van der Waals surface area contributed by atoms with Gasteiger partial charge in [0.05, 0.1) is 16.3 Å². The van der Waals surface area contributed by atoms with E-state index >= 15 is 0 Å². The Morgan fingerprint density at radius 1 is 1.38 bits per heavy atom. The van der Waals surface area contributed by atoms with Crippen molar-refractivity contribution < 1.29 is 13.2 Å². The Labute approximate surface area is 125 Å². The highest BCUT2D eigenvalue weighted by Gasteiger charge is 2.29. The van der Waals surface area contributed by atoms with Crippen molar-refractivity contribution in [1.29, 1.82) is 0 Å². The fourth-order valence-electron chi connectivity index (χ4n) is 2.68. The number of piperidine rings is 1. The van der Waals surface area contributed by atoms with Crippen molar-refractivity contribution >= 4 is 27.1 Å². The van der Waals surface area contributed by atoms with Crippen LogP contribution in [0.4, 0.5) is 11.4 Å². The van der Waals surface area contributed by atoms with Crippen molar-refractivity contribution in [2.45, 2.75) is 30.2 Å². The van der Waals surface area contributed by atoms with Gasteiger partial charge in [-0.15, -0.1) is 0 Å². The number of nitrogens with zero attached hydrogens (tertiary/aromatic N) is 1. The summed E-state index contributed by atoms with van der Waals surface area (Å²) in [5.74, 6) is -0.0405. The lowest BCUT2D eigenvalue weighted by molar-refractivity contribution is -0.122. The van der Waals surface area contributed by atoms with Crippen molar-refractivity contribution in [3.8, 4) is 0 Å². The molecule has 21 heavy (non-hydrogen) atoms. The maximum absolute atomic E-state index is 12.0. The average molecular weight is 311 g/mol. The van der Waals surface area contributed by atoms with Gasteiger partial charge in [0.15, 0.2) is 9.84 Å². The normalized spacial score (nSPS) is 19.3. The number of nitrogens with one attached hydrogen (secondary N) is 1. The number of amides is 1. The predicted octanol–water partition coefficient (Wildman–Crippen LogP) is 0.777. The van der Waals surface area contributed by atoms with Crippen LogP contribution in [0.2, 0.25) is 0 Å². The van der Waals surface area contributed by atoms with Gasteiger partial charge in [-0.05, 0) is 37.5 Å². The summed E-state index contributed by atoms with van der Waals surface area (Å²) in [6.07, 6.45) is 3.90. The quantitative estimate of drug-likeness (QED) is 0.805. The van der Waals surface area contributed by atoms with Crippen molar-refractivity contribution in [2.75, 3.05) is 30.5 Å². The molecule has 1 aliphatic heterocycles. The van der Waals surface area contributed by atoms with Crippen LogP contribution in [-0.2, 0) is 14.6 Å². The molecule has 6 nitrogen and oxygen atoms in total. The largest absolute Gasteiger partial charge is 0.397 e. The Bertz CT molecular complexity index is 643. The third-order valence-corrected chi connectivity index (χ3v) is 4.90. The van der Waals surface area contributed by atoms with Crippen LogP contribution in [0.1, 0.15) is 19.3 Å². The first kappa shape index (κ1) is 15.6. The summed E-state index contributed by atoms with van der Waals surface area (Å²) in [6.45, 7) is 0.737. The monoisotopic (exact) mass is 311 g/mol. The van der Waals surface area contributed by atoms with E-state index in [4.69, 9.17) is 5.73 Å². The summed E-state index contributed by atoms with van der Waals surface area (Å²) in [5, 5.41) is 2.67. The first-order chi connectivity index (χ1) is 9.84. The molecule has 1 amide bonds. The molecule has 1 heterocycles. The lowest BCUT2D eigenvalue weighted by atomic mass is 10.00. The first-order valence-electron chi connectivity index (χ1n) is 6.92. The third-order valence-electron chi connectivity index (χ3n) is 3.79. The second-order valence-electron chi connectivity index (χ2n) is 5.31. The smallest absolute Gasteiger partial charge is 0.242 e. The Morgan fingerprint density at radius 3 is 2.67 bits per heavy atom. The highest BCUT2D eigenvalue weighted by Crippen LogP contribution is 2.31. The molecule has 0 spiro atoms. The number of rotatable bonds is 3. The van der Waals surface area contributed by atoms with Crippen molar-refractivity contribution in [1.82, 2.24) is 5.32 Å². The standard InChI is InChI=1S/C14H21N3O3S/c1-16-14(18)13-5-3-4-8-17(13)12-7-6-10(9-11(12)15)21(2,19)20/h6-7,9,13H,3-5,8,15H2,1-2H3,(H,16,18). The van der Waals surface area contributed by atoms with Gasteiger partial charge in [0.1, 0.15) is 6.04 Å². The van der Waals surface area contributed by atoms with Gasteiger partial charge in [0.2, 0.25) is 5.91 Å². The number of hydrogen-bond acceptors (Lipinski definition) is 5. The van der Waals surface area contributed by atoms with Crippen LogP contribution in [0.3, 0.4) is 0 Å². The molecule has 0 aliphatic carbocycles. The van der Waals surface area contributed by atoms with E-state index < -0.39 is 9.84 Å². The van der Waals surface area contributed by atoms with E-state index in [0.29, 0.717) is 5.69 Å². The number of carbonyl (C=O) groups excluding carboxylic acids is 1. The molecule has 1 aliphatic rings. The molecule has 1 aromatic carbocycles. The van der Waals surface area contributed by atoms with Crippen LogP contribution in [0.5, 0.6) is 0 Å². The zero-order chi connectivity index (χ0) is 15.6. The molecule has 1 aromatic rings. The lowest BCUT2D eigenvalue weighted by Crippen LogP contribution is -2.49. The number of anilines is 2. The molecule has 2 rings (SSSR count). The summed E-state index contributed by atoms with van der Waals surface area (Å²) in [4.78, 5) is 14.2. The van der Waals surface area contributed by atoms with Gasteiger partial charge in [-0.1, -0.05) is 0 Å². The summed E-state index contributed by atoms with van der Waals surface area (Å²) in [6, 6.07) is 4.43. The summed E-state index contributed by atoms with van der Waals surface area (Å²) < 4.78 is 23.1. The number of hydrogen-bond donors (Lipinski definition) is 2. The molecule has 1 saturated heterocycles. The maximum Gasteiger partial charge on any atom is 0.242 e. The van der Waals surface area contributed by atoms with Crippen molar-refractivity contribution in [3.63, 3.8) is 0 Å². The van der Waals surface area contributed by atoms with Gasteiger partial charge in [-0.3, -0.25) is 4.79 Å². The minimum atomic E-state index is -3.29. The first-order valence-corrected chi connectivity index (χ1v) is 8.81. The van der Waals surface area contributed by atoms with Crippen LogP contribution in [-0.4, -0.2) is 40.2 Å². The van der Waals surface area contributed by atoms with Crippen LogP contribution in [0.25, 0.3) is 0 Å². The van der Waals surface area contributed by atoms with Crippen LogP contribution in [0.15, 0.2) is 23.1 Å². The minimum absolute atomic E-state index is 0.0405. The molecule has 116 valence electrons. The summed E-state index contributed by atoms with van der Waals surface area (Å²) >= 11 is 0. The average Bonchev–Trinajstić information content (AvgIpc) is 2.45. The summed E-state index contributed by atoms with van der Waals surface area (Å²) in [7, 11) is -1.67. The van der Waals surface area contributed by atoms with E-state index in [9.17, 15) is 13.2 Å². The van der Waals surface area contributed by atoms with E-state index in [2.05, 4.69) is 5.32 Å². The summed E-state index contributed by atoms with van der Waals surface area (Å²) in [5.41, 5.74) is 7.12. The molecule has 0 bridgehead atoms. The fraction of sp³-hybridized carbons (Fsp3) is 0.500. The highest BCUT2D eigenvalue weighted by atomic mass is 32.2. The van der Waals surface area contributed by atoms with Gasteiger partial charge in [-0.25, -0.2) is 8.42 Å². The van der Waals surface area contributed by atoms with Crippen LogP contribution in [0, 0.1) is 0 Å². The number of nitrogens with two attached hydrogens (primary N) is 1. The third kappa shape index (κ3) is 3.29. The molecule has 0 radical (unpaired) electrons. The van der Waals surface area contributed by atoms with Crippen molar-refractivity contribution in [2.24, 2.45) is 0 Å². The molecule has 0 saturated carbocycles. The molecular formula is C14H21N3O3S. The number of benzene rings is 1. The van der Waals surface area contributed by atoms with Gasteiger partial charge < -0.3 is 16.0 Å². The predicted molar refractivity (Wildman–Crippen MR) is 83.0 cm³/mol. The molecule has 3 N–H and O–H groups in total. The molecule has 1 atom stereocenters. The SMILES string of the molecule is CNC(=O)C1CCCCN1c1ccc(S(C)(=O)=O)cc1N. The minimum Gasteiger partial charge on any atom is -0.397 e. The fourth-order valence-corrected chi connectivity index (χ4v) is 3.34. The lowest BCUT2D eigenvalue weighted by Gasteiger charge is -2.37. The van der Waals surface area contributed by atoms with Gasteiger partial charge >= 0.3 is 0 Å². The number of sulfone groups is 1. The second kappa shape index (κ2) is 5.93. The maximum atomic E-state index is 12.0. The topological polar surface area (TPSA) is 92.5 Å². The zero-order valence-corrected chi connectivity index (χ0v) is 13.1. The van der Waals surface area contributed by atoms with Gasteiger partial charge in [0, 0.05) is 19.8 Å². The van der Waals surface area contributed by atoms with Crippen LogP contribution >= 0.6 is 0 Å². The molecule has 7 heteroatoms. The molecule has 1 unspecified atom stereocenters. The van der Waals surface area contributed by atoms with Gasteiger partial charge in [-0.2, -0.15) is 0 Å². The zero-order valence-electron chi connectivity index (χ0n) is 12.3. The van der Waals surface area contributed by atoms with E-state index in [1.54, 1.807) is 13.1 Å². The number of carbonyl (C=O) groups is 1. The molecule has 1 fully saturated rings. The molecular weight excluding hydrogens is 290 g/mol. The number of likely N-dealkylation sites (N-methyl/N-ethyl adjacent to an activating group) is 1. The van der Waals surface area contributed by atoms with Gasteiger partial charge in [0.25, 0.3) is 0 Å². The Kier molecular flexibility index (Phi) is 4.41. The van der Waals surface area contributed by atoms with E-state index in [0.717, 1.165) is 37.8 Å². The Morgan fingerprint density at radius 2 is 2.10 bits per heavy atom. The van der Waals surface area contributed by atoms with E-state index in [1.807, 2.05) is 4.90 Å². The van der Waals surface area contributed by atoms with Crippen molar-refractivity contribution in [3.05, 3.63) is 18.2 Å². The number of nitrogen functional groups attached to an aromatic ring is 1.